The van der Waals surface area contributed by atoms with E-state index in [0.717, 1.165) is 16.5 Å². The Morgan fingerprint density at radius 2 is 1.81 bits per heavy atom. The van der Waals surface area contributed by atoms with Crippen molar-refractivity contribution in [3.63, 3.8) is 0 Å². The van der Waals surface area contributed by atoms with Gasteiger partial charge in [-0.1, -0.05) is 54.6 Å². The van der Waals surface area contributed by atoms with Crippen molar-refractivity contribution >= 4 is 38.9 Å². The molecule has 4 nitrogen and oxygen atoms in total. The molecule has 0 saturated heterocycles. The van der Waals surface area contributed by atoms with E-state index in [0.29, 0.717) is 18.0 Å². The molecule has 1 aromatic heterocycles. The van der Waals surface area contributed by atoms with Gasteiger partial charge < -0.3 is 9.64 Å². The van der Waals surface area contributed by atoms with Crippen LogP contribution in [0.25, 0.3) is 15.7 Å². The highest BCUT2D eigenvalue weighted by molar-refractivity contribution is 7.20. The summed E-state index contributed by atoms with van der Waals surface area (Å²) in [4.78, 5) is 26.9. The van der Waals surface area contributed by atoms with Gasteiger partial charge >= 0.3 is 5.97 Å². The van der Waals surface area contributed by atoms with Crippen molar-refractivity contribution < 1.29 is 14.3 Å². The molecule has 3 aromatic rings. The molecule has 0 N–H and O–H groups in total. The largest absolute Gasteiger partial charge is 0.451 e. The molecule has 4 rings (SSSR count). The Labute approximate surface area is 161 Å². The lowest BCUT2D eigenvalue weighted by Gasteiger charge is -2.26. The minimum atomic E-state index is -0.443. The number of carbonyl (C=O) groups is 2. The van der Waals surface area contributed by atoms with Crippen LogP contribution >= 0.6 is 11.3 Å². The minimum Gasteiger partial charge on any atom is -0.451 e. The molecule has 0 radical (unpaired) electrons. The molecule has 1 aliphatic rings. The molecular weight excluding hydrogens is 358 g/mol. The molecule has 1 aliphatic heterocycles. The van der Waals surface area contributed by atoms with Gasteiger partial charge in [-0.15, -0.1) is 11.3 Å². The summed E-state index contributed by atoms with van der Waals surface area (Å²) in [6.07, 6.45) is 2.88. The molecule has 0 unspecified atom stereocenters. The normalized spacial score (nSPS) is 14.1. The van der Waals surface area contributed by atoms with Gasteiger partial charge in [-0.25, -0.2) is 4.79 Å². The minimum absolute atomic E-state index is 0.159. The lowest BCUT2D eigenvalue weighted by Crippen LogP contribution is -2.37. The summed E-state index contributed by atoms with van der Waals surface area (Å²) in [5.74, 6) is -0.602. The van der Waals surface area contributed by atoms with Gasteiger partial charge in [0.2, 0.25) is 0 Å². The lowest BCUT2D eigenvalue weighted by molar-refractivity contribution is -0.134. The van der Waals surface area contributed by atoms with Crippen LogP contribution in [0, 0.1) is 0 Å². The highest BCUT2D eigenvalue weighted by Gasteiger charge is 2.20. The predicted octanol–water partition coefficient (Wildman–Crippen LogP) is 4.37. The molecule has 0 atom stereocenters. The van der Waals surface area contributed by atoms with Gasteiger partial charge in [0.15, 0.2) is 6.61 Å². The highest BCUT2D eigenvalue weighted by atomic mass is 32.1. The van der Waals surface area contributed by atoms with Gasteiger partial charge in [-0.3, -0.25) is 4.79 Å². The van der Waals surface area contributed by atoms with E-state index in [-0.39, 0.29) is 12.5 Å². The molecule has 0 fully saturated rings. The molecule has 136 valence electrons. The SMILES string of the molecule is O=C(OCC(=O)N1CC=C(c2ccccc2)CC1)c1cc2ccccc2s1. The third-order valence-electron chi connectivity index (χ3n) is 4.66. The highest BCUT2D eigenvalue weighted by Crippen LogP contribution is 2.26. The van der Waals surface area contributed by atoms with E-state index >= 15 is 0 Å². The molecular formula is C22H19NO3S. The molecule has 0 bridgehead atoms. The summed E-state index contributed by atoms with van der Waals surface area (Å²) in [7, 11) is 0. The summed E-state index contributed by atoms with van der Waals surface area (Å²) in [6, 6.07) is 19.8. The second-order valence-corrected chi connectivity index (χ2v) is 7.49. The van der Waals surface area contributed by atoms with Gasteiger partial charge in [0.05, 0.1) is 0 Å². The predicted molar refractivity (Wildman–Crippen MR) is 108 cm³/mol. The van der Waals surface area contributed by atoms with Crippen LogP contribution < -0.4 is 0 Å². The molecule has 0 saturated carbocycles. The summed E-state index contributed by atoms with van der Waals surface area (Å²) in [5, 5.41) is 1.01. The molecule has 1 amide bonds. The van der Waals surface area contributed by atoms with Crippen LogP contribution in [0.15, 0.2) is 66.7 Å². The Morgan fingerprint density at radius 1 is 1.04 bits per heavy atom. The van der Waals surface area contributed by atoms with Crippen LogP contribution in [0.1, 0.15) is 21.7 Å². The van der Waals surface area contributed by atoms with E-state index in [9.17, 15) is 9.59 Å². The van der Waals surface area contributed by atoms with E-state index in [1.54, 1.807) is 4.90 Å². The van der Waals surface area contributed by atoms with Gasteiger partial charge in [-0.05, 0) is 35.1 Å². The van der Waals surface area contributed by atoms with Crippen LogP contribution in [0.3, 0.4) is 0 Å². The zero-order valence-electron chi connectivity index (χ0n) is 14.8. The zero-order chi connectivity index (χ0) is 18.6. The maximum Gasteiger partial charge on any atom is 0.348 e. The van der Waals surface area contributed by atoms with Crippen LogP contribution in [0.5, 0.6) is 0 Å². The lowest BCUT2D eigenvalue weighted by atomic mass is 10.00. The average molecular weight is 377 g/mol. The van der Waals surface area contributed by atoms with E-state index in [2.05, 4.69) is 18.2 Å². The maximum atomic E-state index is 12.4. The van der Waals surface area contributed by atoms with Crippen molar-refractivity contribution in [2.24, 2.45) is 0 Å². The Hall–Kier alpha value is -2.92. The van der Waals surface area contributed by atoms with E-state index in [4.69, 9.17) is 4.74 Å². The fourth-order valence-electron chi connectivity index (χ4n) is 3.18. The third kappa shape index (κ3) is 3.93. The monoisotopic (exact) mass is 377 g/mol. The van der Waals surface area contributed by atoms with Crippen LogP contribution in [-0.4, -0.2) is 36.5 Å². The van der Waals surface area contributed by atoms with E-state index < -0.39 is 5.97 Å². The number of hydrogen-bond donors (Lipinski definition) is 0. The smallest absolute Gasteiger partial charge is 0.348 e. The van der Waals surface area contributed by atoms with Crippen LogP contribution in [0.2, 0.25) is 0 Å². The average Bonchev–Trinajstić information content (AvgIpc) is 3.17. The first-order valence-electron chi connectivity index (χ1n) is 8.88. The number of benzene rings is 2. The Morgan fingerprint density at radius 3 is 2.56 bits per heavy atom. The maximum absolute atomic E-state index is 12.4. The zero-order valence-corrected chi connectivity index (χ0v) is 15.6. The van der Waals surface area contributed by atoms with Crippen molar-refractivity contribution in [3.05, 3.63) is 77.2 Å². The van der Waals surface area contributed by atoms with E-state index in [1.807, 2.05) is 48.5 Å². The Kier molecular flexibility index (Phi) is 5.03. The molecule has 0 spiro atoms. The number of fused-ring (bicyclic) bond motifs is 1. The summed E-state index contributed by atoms with van der Waals surface area (Å²) in [5.41, 5.74) is 2.45. The Balaban J connectivity index is 1.33. The second-order valence-electron chi connectivity index (χ2n) is 6.41. The first-order valence-corrected chi connectivity index (χ1v) is 9.70. The van der Waals surface area contributed by atoms with Crippen molar-refractivity contribution in [1.82, 2.24) is 4.90 Å². The number of esters is 1. The summed E-state index contributed by atoms with van der Waals surface area (Å²) < 4.78 is 6.28. The van der Waals surface area contributed by atoms with E-state index in [1.165, 1.54) is 22.5 Å². The molecule has 0 aliphatic carbocycles. The first-order chi connectivity index (χ1) is 13.2. The fourth-order valence-corrected chi connectivity index (χ4v) is 4.14. The van der Waals surface area contributed by atoms with Gasteiger partial charge in [-0.2, -0.15) is 0 Å². The van der Waals surface area contributed by atoms with Gasteiger partial charge in [0, 0.05) is 17.8 Å². The van der Waals surface area contributed by atoms with Crippen molar-refractivity contribution in [1.29, 1.82) is 0 Å². The van der Waals surface area contributed by atoms with Crippen LogP contribution in [0.4, 0.5) is 0 Å². The Bertz CT molecular complexity index is 974. The fraction of sp³-hybridized carbons (Fsp3) is 0.182. The number of ether oxygens (including phenoxy) is 1. The topological polar surface area (TPSA) is 46.6 Å². The van der Waals surface area contributed by atoms with Gasteiger partial charge in [0.25, 0.3) is 5.91 Å². The van der Waals surface area contributed by atoms with Crippen LogP contribution in [-0.2, 0) is 9.53 Å². The standard InChI is InChI=1S/C22H19NO3S/c24-21(23-12-10-17(11-13-23)16-6-2-1-3-7-16)15-26-22(25)20-14-18-8-4-5-9-19(18)27-20/h1-10,14H,11-13,15H2. The second kappa shape index (κ2) is 7.76. The molecule has 2 heterocycles. The van der Waals surface area contributed by atoms with Gasteiger partial charge in [0.1, 0.15) is 4.88 Å². The molecule has 2 aromatic carbocycles. The number of nitrogens with zero attached hydrogens (tertiary/aromatic N) is 1. The number of rotatable bonds is 4. The van der Waals surface area contributed by atoms with Crippen molar-refractivity contribution in [3.8, 4) is 0 Å². The van der Waals surface area contributed by atoms with Crippen molar-refractivity contribution in [2.45, 2.75) is 6.42 Å². The number of amides is 1. The third-order valence-corrected chi connectivity index (χ3v) is 5.76. The summed E-state index contributed by atoms with van der Waals surface area (Å²) >= 11 is 1.38. The summed E-state index contributed by atoms with van der Waals surface area (Å²) in [6.45, 7) is 0.963. The first kappa shape index (κ1) is 17.5. The van der Waals surface area contributed by atoms with Crippen molar-refractivity contribution in [2.75, 3.05) is 19.7 Å². The molecule has 5 heteroatoms. The number of carbonyl (C=O) groups excluding carboxylic acids is 2. The number of thiophene rings is 1. The quantitative estimate of drug-likeness (QED) is 0.634. The number of hydrogen-bond acceptors (Lipinski definition) is 4. The molecule has 27 heavy (non-hydrogen) atoms.